The Balaban J connectivity index is 2.18. The monoisotopic (exact) mass is 233 g/mol. The molecule has 0 aliphatic carbocycles. The Morgan fingerprint density at radius 1 is 1.19 bits per heavy atom. The number of anilines is 1. The van der Waals surface area contributed by atoms with E-state index in [0.29, 0.717) is 16.4 Å². The fourth-order valence-corrected chi connectivity index (χ4v) is 1.33. The van der Waals surface area contributed by atoms with Gasteiger partial charge in [-0.05, 0) is 24.3 Å². The average molecular weight is 234 g/mol. The molecule has 1 N–H and O–H groups in total. The summed E-state index contributed by atoms with van der Waals surface area (Å²) < 4.78 is 0. The highest BCUT2D eigenvalue weighted by atomic mass is 35.5. The topological polar surface area (TPSA) is 54.9 Å². The van der Waals surface area contributed by atoms with Crippen LogP contribution in [0.4, 0.5) is 5.82 Å². The minimum Gasteiger partial charge on any atom is -0.305 e. The van der Waals surface area contributed by atoms with E-state index in [-0.39, 0.29) is 5.91 Å². The van der Waals surface area contributed by atoms with Crippen molar-refractivity contribution in [2.75, 3.05) is 5.32 Å². The average Bonchev–Trinajstić information content (AvgIpc) is 2.33. The molecule has 0 unspecified atom stereocenters. The zero-order valence-electron chi connectivity index (χ0n) is 8.22. The van der Waals surface area contributed by atoms with Gasteiger partial charge in [0, 0.05) is 24.2 Å². The van der Waals surface area contributed by atoms with E-state index in [2.05, 4.69) is 15.3 Å². The molecule has 16 heavy (non-hydrogen) atoms. The first-order valence-corrected chi connectivity index (χ1v) is 4.97. The molecule has 80 valence electrons. The third kappa shape index (κ3) is 2.35. The Morgan fingerprint density at radius 2 is 1.94 bits per heavy atom. The summed E-state index contributed by atoms with van der Waals surface area (Å²) >= 11 is 5.87. The molecule has 5 heteroatoms. The fourth-order valence-electron chi connectivity index (χ4n) is 1.16. The molecular weight excluding hydrogens is 226 g/mol. The van der Waals surface area contributed by atoms with Gasteiger partial charge in [-0.25, -0.2) is 4.98 Å². The van der Waals surface area contributed by atoms with E-state index in [4.69, 9.17) is 11.6 Å². The third-order valence-corrected chi connectivity index (χ3v) is 2.24. The molecule has 2 heterocycles. The summed E-state index contributed by atoms with van der Waals surface area (Å²) in [5.74, 6) is 0.0916. The van der Waals surface area contributed by atoms with Crippen molar-refractivity contribution >= 4 is 23.3 Å². The van der Waals surface area contributed by atoms with Crippen molar-refractivity contribution in [3.63, 3.8) is 0 Å². The van der Waals surface area contributed by atoms with Gasteiger partial charge in [0.15, 0.2) is 5.82 Å². The second kappa shape index (κ2) is 4.72. The van der Waals surface area contributed by atoms with Gasteiger partial charge in [-0.2, -0.15) is 0 Å². The van der Waals surface area contributed by atoms with E-state index >= 15 is 0 Å². The van der Waals surface area contributed by atoms with Crippen LogP contribution in [0.3, 0.4) is 0 Å². The van der Waals surface area contributed by atoms with Crippen molar-refractivity contribution in [3.05, 3.63) is 53.4 Å². The van der Waals surface area contributed by atoms with E-state index in [1.54, 1.807) is 42.9 Å². The predicted molar refractivity (Wildman–Crippen MR) is 61.4 cm³/mol. The van der Waals surface area contributed by atoms with E-state index in [1.807, 2.05) is 0 Å². The quantitative estimate of drug-likeness (QED) is 0.867. The number of aromatic nitrogens is 2. The van der Waals surface area contributed by atoms with Crippen LogP contribution in [0.2, 0.25) is 5.02 Å². The Kier molecular flexibility index (Phi) is 3.12. The number of hydrogen-bond donors (Lipinski definition) is 1. The van der Waals surface area contributed by atoms with Crippen molar-refractivity contribution in [2.24, 2.45) is 0 Å². The first-order valence-electron chi connectivity index (χ1n) is 4.59. The van der Waals surface area contributed by atoms with Crippen molar-refractivity contribution in [1.82, 2.24) is 9.97 Å². The van der Waals surface area contributed by atoms with E-state index in [9.17, 15) is 4.79 Å². The number of rotatable bonds is 2. The van der Waals surface area contributed by atoms with Gasteiger partial charge < -0.3 is 5.32 Å². The number of carbonyl (C=O) groups is 1. The lowest BCUT2D eigenvalue weighted by Crippen LogP contribution is -2.13. The minimum absolute atomic E-state index is 0.261. The largest absolute Gasteiger partial charge is 0.305 e. The SMILES string of the molecule is O=C(Nc1ncccc1Cl)c1ccncc1. The fraction of sp³-hybridized carbons (Fsp3) is 0. The highest BCUT2D eigenvalue weighted by Crippen LogP contribution is 2.17. The molecule has 0 aliphatic rings. The van der Waals surface area contributed by atoms with Gasteiger partial charge in [-0.3, -0.25) is 9.78 Å². The molecule has 0 saturated carbocycles. The van der Waals surface area contributed by atoms with Crippen LogP contribution in [0, 0.1) is 0 Å². The molecule has 1 amide bonds. The summed E-state index contributed by atoms with van der Waals surface area (Å²) in [6.45, 7) is 0. The molecule has 2 aromatic heterocycles. The molecular formula is C11H8ClN3O. The zero-order chi connectivity index (χ0) is 11.4. The highest BCUT2D eigenvalue weighted by Gasteiger charge is 2.08. The van der Waals surface area contributed by atoms with Crippen molar-refractivity contribution in [3.8, 4) is 0 Å². The Morgan fingerprint density at radius 3 is 2.62 bits per heavy atom. The van der Waals surface area contributed by atoms with Gasteiger partial charge in [0.25, 0.3) is 5.91 Å². The Hall–Kier alpha value is -1.94. The summed E-state index contributed by atoms with van der Waals surface area (Å²) in [5.41, 5.74) is 0.511. The second-order valence-electron chi connectivity index (χ2n) is 3.02. The van der Waals surface area contributed by atoms with Crippen LogP contribution in [-0.4, -0.2) is 15.9 Å². The van der Waals surface area contributed by atoms with Crippen LogP contribution >= 0.6 is 11.6 Å². The number of hydrogen-bond acceptors (Lipinski definition) is 3. The summed E-state index contributed by atoms with van der Waals surface area (Å²) in [5, 5.41) is 3.02. The molecule has 0 spiro atoms. The molecule has 0 fully saturated rings. The second-order valence-corrected chi connectivity index (χ2v) is 3.43. The summed E-state index contributed by atoms with van der Waals surface area (Å²) in [6.07, 6.45) is 4.66. The van der Waals surface area contributed by atoms with Gasteiger partial charge in [0.1, 0.15) is 0 Å². The van der Waals surface area contributed by atoms with E-state index < -0.39 is 0 Å². The number of amides is 1. The van der Waals surface area contributed by atoms with Crippen LogP contribution in [0.1, 0.15) is 10.4 Å². The smallest absolute Gasteiger partial charge is 0.256 e. The minimum atomic E-state index is -0.261. The van der Waals surface area contributed by atoms with Crippen LogP contribution in [0.5, 0.6) is 0 Å². The molecule has 0 saturated heterocycles. The lowest BCUT2D eigenvalue weighted by Gasteiger charge is -2.05. The standard InChI is InChI=1S/C11H8ClN3O/c12-9-2-1-5-14-10(9)15-11(16)8-3-6-13-7-4-8/h1-7H,(H,14,15,16). The number of nitrogens with zero attached hydrogens (tertiary/aromatic N) is 2. The van der Waals surface area contributed by atoms with Crippen molar-refractivity contribution < 1.29 is 4.79 Å². The summed E-state index contributed by atoms with van der Waals surface area (Å²) in [4.78, 5) is 19.5. The molecule has 0 radical (unpaired) electrons. The predicted octanol–water partition coefficient (Wildman–Crippen LogP) is 2.38. The van der Waals surface area contributed by atoms with Gasteiger partial charge in [0.2, 0.25) is 0 Å². The lowest BCUT2D eigenvalue weighted by molar-refractivity contribution is 0.102. The van der Waals surface area contributed by atoms with Crippen LogP contribution in [0.15, 0.2) is 42.9 Å². The first kappa shape index (κ1) is 10.6. The van der Waals surface area contributed by atoms with Crippen LogP contribution < -0.4 is 5.32 Å². The van der Waals surface area contributed by atoms with Crippen LogP contribution in [0.25, 0.3) is 0 Å². The number of halogens is 1. The molecule has 2 rings (SSSR count). The van der Waals surface area contributed by atoms with Crippen molar-refractivity contribution in [1.29, 1.82) is 0 Å². The number of carbonyl (C=O) groups excluding carboxylic acids is 1. The lowest BCUT2D eigenvalue weighted by atomic mass is 10.2. The summed E-state index contributed by atoms with van der Waals surface area (Å²) in [6, 6.07) is 6.60. The van der Waals surface area contributed by atoms with Crippen molar-refractivity contribution in [2.45, 2.75) is 0 Å². The van der Waals surface area contributed by atoms with Gasteiger partial charge in [-0.15, -0.1) is 0 Å². The van der Waals surface area contributed by atoms with Gasteiger partial charge in [-0.1, -0.05) is 11.6 Å². The molecule has 0 atom stereocenters. The molecule has 0 aromatic carbocycles. The highest BCUT2D eigenvalue weighted by molar-refractivity contribution is 6.33. The number of nitrogens with one attached hydrogen (secondary N) is 1. The van der Waals surface area contributed by atoms with Gasteiger partial charge in [0.05, 0.1) is 5.02 Å². The normalized spacial score (nSPS) is 9.81. The maximum atomic E-state index is 11.7. The van der Waals surface area contributed by atoms with E-state index in [1.165, 1.54) is 0 Å². The molecule has 4 nitrogen and oxygen atoms in total. The molecule has 2 aromatic rings. The maximum Gasteiger partial charge on any atom is 0.256 e. The maximum absolute atomic E-state index is 11.7. The molecule has 0 bridgehead atoms. The van der Waals surface area contributed by atoms with Crippen LogP contribution in [-0.2, 0) is 0 Å². The summed E-state index contributed by atoms with van der Waals surface area (Å²) in [7, 11) is 0. The van der Waals surface area contributed by atoms with Gasteiger partial charge >= 0.3 is 0 Å². The Bertz CT molecular complexity index is 502. The third-order valence-electron chi connectivity index (χ3n) is 1.93. The first-order chi connectivity index (χ1) is 7.77. The zero-order valence-corrected chi connectivity index (χ0v) is 8.98. The number of pyridine rings is 2. The Labute approximate surface area is 97.3 Å². The van der Waals surface area contributed by atoms with E-state index in [0.717, 1.165) is 0 Å². The molecule has 0 aliphatic heterocycles.